The Morgan fingerprint density at radius 2 is 2.21 bits per heavy atom. The fourth-order valence-electron chi connectivity index (χ4n) is 2.37. The molecule has 0 spiro atoms. The standard InChI is InChI=1S/C13H13N3O3/c17-11-6-2-5-10-14-15-12(16(10)11)8-3-1-4-9(7-8)13(18)19/h1,3-4,7,11,17H,2,5-6H2,(H,18,19). The van der Waals surface area contributed by atoms with Crippen molar-refractivity contribution in [1.82, 2.24) is 14.8 Å². The zero-order valence-corrected chi connectivity index (χ0v) is 10.2. The number of benzene rings is 1. The second kappa shape index (κ2) is 4.47. The lowest BCUT2D eigenvalue weighted by Gasteiger charge is -2.21. The molecule has 0 saturated carbocycles. The maximum Gasteiger partial charge on any atom is 0.335 e. The van der Waals surface area contributed by atoms with Crippen molar-refractivity contribution in [3.05, 3.63) is 35.7 Å². The number of carbonyl (C=O) groups is 1. The van der Waals surface area contributed by atoms with Gasteiger partial charge in [0.25, 0.3) is 0 Å². The molecule has 0 aliphatic carbocycles. The molecule has 1 aliphatic rings. The van der Waals surface area contributed by atoms with Crippen molar-refractivity contribution in [2.75, 3.05) is 0 Å². The Kier molecular flexibility index (Phi) is 2.79. The van der Waals surface area contributed by atoms with Crippen molar-refractivity contribution >= 4 is 5.97 Å². The van der Waals surface area contributed by atoms with Gasteiger partial charge in [-0.2, -0.15) is 0 Å². The predicted molar refractivity (Wildman–Crippen MR) is 66.6 cm³/mol. The zero-order chi connectivity index (χ0) is 13.4. The maximum atomic E-state index is 11.0. The minimum Gasteiger partial charge on any atom is -0.478 e. The van der Waals surface area contributed by atoms with Gasteiger partial charge in [0.1, 0.15) is 12.1 Å². The first-order chi connectivity index (χ1) is 9.16. The van der Waals surface area contributed by atoms with Gasteiger partial charge in [-0.05, 0) is 25.0 Å². The predicted octanol–water partition coefficient (Wildman–Crippen LogP) is 1.47. The lowest BCUT2D eigenvalue weighted by Crippen LogP contribution is -2.18. The van der Waals surface area contributed by atoms with Crippen LogP contribution in [0.3, 0.4) is 0 Å². The molecule has 0 fully saturated rings. The molecule has 3 rings (SSSR count). The van der Waals surface area contributed by atoms with Gasteiger partial charge in [-0.25, -0.2) is 4.79 Å². The number of aliphatic hydroxyl groups is 1. The summed E-state index contributed by atoms with van der Waals surface area (Å²) in [5.74, 6) is 0.278. The highest BCUT2D eigenvalue weighted by atomic mass is 16.4. The summed E-state index contributed by atoms with van der Waals surface area (Å²) in [5.41, 5.74) is 0.847. The number of rotatable bonds is 2. The van der Waals surface area contributed by atoms with Gasteiger partial charge in [-0.1, -0.05) is 12.1 Å². The number of hydrogen-bond acceptors (Lipinski definition) is 4. The van der Waals surface area contributed by atoms with Gasteiger partial charge in [-0.15, -0.1) is 10.2 Å². The van der Waals surface area contributed by atoms with Crippen LogP contribution < -0.4 is 0 Å². The van der Waals surface area contributed by atoms with Crippen LogP contribution in [0.25, 0.3) is 11.4 Å². The number of aromatic carboxylic acids is 1. The molecule has 98 valence electrons. The third kappa shape index (κ3) is 2.00. The molecule has 0 bridgehead atoms. The zero-order valence-electron chi connectivity index (χ0n) is 10.2. The molecule has 0 saturated heterocycles. The van der Waals surface area contributed by atoms with Crippen molar-refractivity contribution in [3.8, 4) is 11.4 Å². The summed E-state index contributed by atoms with van der Waals surface area (Å²) in [4.78, 5) is 11.0. The van der Waals surface area contributed by atoms with Crippen LogP contribution >= 0.6 is 0 Å². The van der Waals surface area contributed by atoms with Crippen LogP contribution in [0.1, 0.15) is 35.3 Å². The number of aromatic nitrogens is 3. The summed E-state index contributed by atoms with van der Waals surface area (Å²) in [5, 5.41) is 27.2. The summed E-state index contributed by atoms with van der Waals surface area (Å²) >= 11 is 0. The van der Waals surface area contributed by atoms with Crippen molar-refractivity contribution in [2.45, 2.75) is 25.5 Å². The Bertz CT molecular complexity index is 636. The molecule has 0 radical (unpaired) electrons. The number of nitrogens with zero attached hydrogens (tertiary/aromatic N) is 3. The van der Waals surface area contributed by atoms with Gasteiger partial charge in [0.05, 0.1) is 5.56 Å². The molecular formula is C13H13N3O3. The minimum absolute atomic E-state index is 0.195. The maximum absolute atomic E-state index is 11.0. The summed E-state index contributed by atoms with van der Waals surface area (Å²) in [6.45, 7) is 0. The molecule has 1 atom stereocenters. The fraction of sp³-hybridized carbons (Fsp3) is 0.308. The molecule has 0 amide bonds. The number of aryl methyl sites for hydroxylation is 1. The number of hydrogen-bond donors (Lipinski definition) is 2. The van der Waals surface area contributed by atoms with Crippen molar-refractivity contribution in [3.63, 3.8) is 0 Å². The Labute approximate surface area is 109 Å². The Hall–Kier alpha value is -2.21. The smallest absolute Gasteiger partial charge is 0.335 e. The number of fused-ring (bicyclic) bond motifs is 1. The Morgan fingerprint density at radius 3 is 3.00 bits per heavy atom. The van der Waals surface area contributed by atoms with Crippen LogP contribution in [0.15, 0.2) is 24.3 Å². The quantitative estimate of drug-likeness (QED) is 0.852. The molecule has 1 aromatic heterocycles. The Balaban J connectivity index is 2.10. The molecule has 2 N–H and O–H groups in total. The van der Waals surface area contributed by atoms with E-state index in [4.69, 9.17) is 5.11 Å². The molecule has 1 aliphatic heterocycles. The molecule has 19 heavy (non-hydrogen) atoms. The SMILES string of the molecule is O=C(O)c1cccc(-c2nnc3n2C(O)CCC3)c1. The molecule has 6 nitrogen and oxygen atoms in total. The highest BCUT2D eigenvalue weighted by Gasteiger charge is 2.23. The average molecular weight is 259 g/mol. The van der Waals surface area contributed by atoms with Gasteiger partial charge in [0, 0.05) is 12.0 Å². The highest BCUT2D eigenvalue weighted by molar-refractivity contribution is 5.89. The van der Waals surface area contributed by atoms with E-state index in [-0.39, 0.29) is 5.56 Å². The summed E-state index contributed by atoms with van der Waals surface area (Å²) < 4.78 is 1.68. The van der Waals surface area contributed by atoms with Gasteiger partial charge in [0.15, 0.2) is 5.82 Å². The number of aliphatic hydroxyl groups excluding tert-OH is 1. The molecule has 6 heteroatoms. The van der Waals surface area contributed by atoms with E-state index in [9.17, 15) is 9.90 Å². The second-order valence-corrected chi connectivity index (χ2v) is 4.57. The number of carboxylic acid groups (broad SMARTS) is 1. The molecule has 2 heterocycles. The lowest BCUT2D eigenvalue weighted by molar-refractivity contribution is 0.0697. The van der Waals surface area contributed by atoms with Crippen LogP contribution in [0.4, 0.5) is 0 Å². The van der Waals surface area contributed by atoms with Crippen LogP contribution in [0.5, 0.6) is 0 Å². The first-order valence-electron chi connectivity index (χ1n) is 6.12. The first-order valence-corrected chi connectivity index (χ1v) is 6.12. The second-order valence-electron chi connectivity index (χ2n) is 4.57. The monoisotopic (exact) mass is 259 g/mol. The number of carboxylic acids is 1. The summed E-state index contributed by atoms with van der Waals surface area (Å²) in [7, 11) is 0. The third-order valence-electron chi connectivity index (χ3n) is 3.29. The lowest BCUT2D eigenvalue weighted by atomic mass is 10.1. The van der Waals surface area contributed by atoms with Gasteiger partial charge >= 0.3 is 5.97 Å². The topological polar surface area (TPSA) is 88.2 Å². The van der Waals surface area contributed by atoms with E-state index < -0.39 is 12.2 Å². The van der Waals surface area contributed by atoms with Crippen LogP contribution in [-0.2, 0) is 6.42 Å². The third-order valence-corrected chi connectivity index (χ3v) is 3.29. The van der Waals surface area contributed by atoms with Gasteiger partial charge < -0.3 is 10.2 Å². The van der Waals surface area contributed by atoms with E-state index >= 15 is 0 Å². The Morgan fingerprint density at radius 1 is 1.37 bits per heavy atom. The van der Waals surface area contributed by atoms with E-state index in [0.717, 1.165) is 18.7 Å². The van der Waals surface area contributed by atoms with E-state index in [1.54, 1.807) is 22.8 Å². The van der Waals surface area contributed by atoms with Crippen LogP contribution in [-0.4, -0.2) is 30.9 Å². The van der Waals surface area contributed by atoms with Crippen LogP contribution in [0, 0.1) is 0 Å². The normalized spacial score (nSPS) is 18.1. The first kappa shape index (κ1) is 11.9. The molecule has 1 unspecified atom stereocenters. The van der Waals surface area contributed by atoms with Crippen LogP contribution in [0.2, 0.25) is 0 Å². The van der Waals surface area contributed by atoms with Crippen molar-refractivity contribution in [2.24, 2.45) is 0 Å². The summed E-state index contributed by atoms with van der Waals surface area (Å²) in [6, 6.07) is 6.50. The van der Waals surface area contributed by atoms with Crippen molar-refractivity contribution < 1.29 is 15.0 Å². The van der Waals surface area contributed by atoms with E-state index in [0.29, 0.717) is 17.8 Å². The minimum atomic E-state index is -0.985. The fourth-order valence-corrected chi connectivity index (χ4v) is 2.37. The van der Waals surface area contributed by atoms with Crippen molar-refractivity contribution in [1.29, 1.82) is 0 Å². The summed E-state index contributed by atoms with van der Waals surface area (Å²) in [6.07, 6.45) is 1.69. The molecule has 2 aromatic rings. The highest BCUT2D eigenvalue weighted by Crippen LogP contribution is 2.28. The van der Waals surface area contributed by atoms with E-state index in [1.807, 2.05) is 0 Å². The van der Waals surface area contributed by atoms with Gasteiger partial charge in [-0.3, -0.25) is 4.57 Å². The van der Waals surface area contributed by atoms with Gasteiger partial charge in [0.2, 0.25) is 0 Å². The molecule has 1 aromatic carbocycles. The average Bonchev–Trinajstić information content (AvgIpc) is 2.84. The van der Waals surface area contributed by atoms with E-state index in [2.05, 4.69) is 10.2 Å². The van der Waals surface area contributed by atoms with E-state index in [1.165, 1.54) is 6.07 Å². The largest absolute Gasteiger partial charge is 0.478 e. The molecular weight excluding hydrogens is 246 g/mol.